The number of rotatable bonds is 2. The molecule has 0 spiro atoms. The molecule has 2 heteroatoms. The molecule has 0 aromatic carbocycles. The minimum Gasteiger partial charge on any atom is -0.478 e. The van der Waals surface area contributed by atoms with Gasteiger partial charge < -0.3 is 5.11 Å². The van der Waals surface area contributed by atoms with Crippen LogP contribution in [0.5, 0.6) is 0 Å². The minimum absolute atomic E-state index is 0.140. The number of aliphatic carboxylic acids is 1. The van der Waals surface area contributed by atoms with Crippen molar-refractivity contribution in [3.8, 4) is 0 Å². The third-order valence-electron chi connectivity index (χ3n) is 13.4. The molecule has 9 atom stereocenters. The second-order valence-electron chi connectivity index (χ2n) is 14.4. The van der Waals surface area contributed by atoms with Crippen LogP contribution in [0.4, 0.5) is 0 Å². The molecule has 0 bridgehead atoms. The zero-order valence-corrected chi connectivity index (χ0v) is 21.9. The molecule has 0 heterocycles. The summed E-state index contributed by atoms with van der Waals surface area (Å²) in [5.41, 5.74) is 2.21. The highest BCUT2D eigenvalue weighted by Crippen LogP contribution is 2.78. The summed E-state index contributed by atoms with van der Waals surface area (Å²) < 4.78 is 0. The molecule has 2 nitrogen and oxygen atoms in total. The molecule has 1 N–H and O–H groups in total. The van der Waals surface area contributed by atoms with E-state index in [9.17, 15) is 9.90 Å². The topological polar surface area (TPSA) is 37.3 Å². The van der Waals surface area contributed by atoms with Gasteiger partial charge in [0, 0.05) is 11.0 Å². The lowest BCUT2D eigenvalue weighted by atomic mass is 9.32. The van der Waals surface area contributed by atoms with E-state index in [1.54, 1.807) is 0 Å². The predicted octanol–water partition coefficient (Wildman–Crippen LogP) is 8.12. The van der Waals surface area contributed by atoms with E-state index in [4.69, 9.17) is 0 Å². The smallest absolute Gasteiger partial charge is 0.331 e. The van der Waals surface area contributed by atoms with Crippen LogP contribution >= 0.6 is 0 Å². The second kappa shape index (κ2) is 6.88. The maximum atomic E-state index is 12.2. The van der Waals surface area contributed by atoms with Gasteiger partial charge in [-0.15, -0.1) is 0 Å². The number of carbonyl (C=O) groups is 1. The second-order valence-corrected chi connectivity index (χ2v) is 14.4. The van der Waals surface area contributed by atoms with Crippen LogP contribution in [0.3, 0.4) is 0 Å². The SMILES string of the molecule is CC(C)[C@H]1CC[C@@H]2[C@]1(C)CC[C@]1(C)[C@H]3CC[C@]4(C)C(C(=O)O)=CCC[C@H]4[C@]3(C)CC[C@@]21C. The number of hydrogen-bond donors (Lipinski definition) is 1. The van der Waals surface area contributed by atoms with Crippen molar-refractivity contribution in [3.05, 3.63) is 11.6 Å². The zero-order valence-electron chi connectivity index (χ0n) is 21.9. The Bertz CT molecular complexity index is 842. The van der Waals surface area contributed by atoms with Crippen molar-refractivity contribution in [2.75, 3.05) is 0 Å². The van der Waals surface area contributed by atoms with Gasteiger partial charge >= 0.3 is 5.97 Å². The molecular weight excluding hydrogens is 392 g/mol. The largest absolute Gasteiger partial charge is 0.478 e. The van der Waals surface area contributed by atoms with Crippen molar-refractivity contribution < 1.29 is 9.90 Å². The highest BCUT2D eigenvalue weighted by Gasteiger charge is 2.71. The Morgan fingerprint density at radius 2 is 1.41 bits per heavy atom. The number of hydrogen-bond acceptors (Lipinski definition) is 1. The number of carboxylic acid groups (broad SMARTS) is 1. The fourth-order valence-corrected chi connectivity index (χ4v) is 11.8. The number of fused-ring (bicyclic) bond motifs is 7. The molecular formula is C30H48O2. The fraction of sp³-hybridized carbons (Fsp3) is 0.900. The quantitative estimate of drug-likeness (QED) is 0.471. The monoisotopic (exact) mass is 440 g/mol. The van der Waals surface area contributed by atoms with Crippen LogP contribution in [-0.4, -0.2) is 11.1 Å². The Hall–Kier alpha value is -0.790. The summed E-state index contributed by atoms with van der Waals surface area (Å²) >= 11 is 0. The third kappa shape index (κ3) is 2.56. The van der Waals surface area contributed by atoms with Gasteiger partial charge in [-0.2, -0.15) is 0 Å². The highest BCUT2D eigenvalue weighted by atomic mass is 16.4. The van der Waals surface area contributed by atoms with Gasteiger partial charge in [0.1, 0.15) is 0 Å². The van der Waals surface area contributed by atoms with Crippen molar-refractivity contribution in [1.82, 2.24) is 0 Å². The summed E-state index contributed by atoms with van der Waals surface area (Å²) in [6, 6.07) is 0. The standard InChI is InChI=1S/C30H48O2/c1-19(2)20-11-12-23-27(20,4)15-17-30(7)24-13-14-26(3)21(25(31)32)9-8-10-22(26)28(24,5)16-18-29(23,30)6/h9,19-20,22-24H,8,10-18H2,1-7H3,(H,31,32)/t20-,22-,23-,24+,26-,27-,28+,29+,30-/m1/s1. The van der Waals surface area contributed by atoms with Crippen LogP contribution in [0.15, 0.2) is 11.6 Å². The first kappa shape index (κ1) is 23.0. The van der Waals surface area contributed by atoms with Gasteiger partial charge in [0.05, 0.1) is 0 Å². The molecule has 0 radical (unpaired) electrons. The van der Waals surface area contributed by atoms with Gasteiger partial charge in [0.15, 0.2) is 0 Å². The van der Waals surface area contributed by atoms with E-state index in [0.717, 1.165) is 42.1 Å². The lowest BCUT2D eigenvalue weighted by Crippen LogP contribution is -2.66. The Morgan fingerprint density at radius 1 is 0.812 bits per heavy atom. The fourth-order valence-electron chi connectivity index (χ4n) is 11.8. The van der Waals surface area contributed by atoms with Crippen LogP contribution < -0.4 is 0 Å². The van der Waals surface area contributed by atoms with E-state index in [1.807, 2.05) is 0 Å². The third-order valence-corrected chi connectivity index (χ3v) is 13.4. The summed E-state index contributed by atoms with van der Waals surface area (Å²) in [5, 5.41) is 10.0. The predicted molar refractivity (Wildman–Crippen MR) is 131 cm³/mol. The summed E-state index contributed by atoms with van der Waals surface area (Å²) in [7, 11) is 0. The van der Waals surface area contributed by atoms with E-state index in [1.165, 1.54) is 51.4 Å². The van der Waals surface area contributed by atoms with Crippen molar-refractivity contribution >= 4 is 5.97 Å². The minimum atomic E-state index is -0.662. The summed E-state index contributed by atoms with van der Waals surface area (Å²) in [5.74, 6) is 3.14. The molecule has 5 aliphatic rings. The molecule has 5 rings (SSSR count). The van der Waals surface area contributed by atoms with Gasteiger partial charge in [-0.25, -0.2) is 4.79 Å². The normalized spacial score (nSPS) is 54.8. The number of carboxylic acids is 1. The molecule has 0 aromatic heterocycles. The van der Waals surface area contributed by atoms with Gasteiger partial charge in [-0.05, 0) is 115 Å². The van der Waals surface area contributed by atoms with E-state index in [0.29, 0.717) is 22.2 Å². The molecule has 0 unspecified atom stereocenters. The lowest BCUT2D eigenvalue weighted by Gasteiger charge is -2.73. The highest BCUT2D eigenvalue weighted by molar-refractivity contribution is 5.88. The maximum Gasteiger partial charge on any atom is 0.331 e. The molecule has 0 saturated heterocycles. The first-order valence-corrected chi connectivity index (χ1v) is 13.8. The molecule has 0 amide bonds. The lowest BCUT2D eigenvalue weighted by molar-refractivity contribution is -0.235. The molecule has 5 aliphatic carbocycles. The molecule has 32 heavy (non-hydrogen) atoms. The van der Waals surface area contributed by atoms with E-state index < -0.39 is 5.97 Å². The van der Waals surface area contributed by atoms with Crippen molar-refractivity contribution in [2.45, 2.75) is 113 Å². The van der Waals surface area contributed by atoms with Crippen LogP contribution in [0.25, 0.3) is 0 Å². The summed E-state index contributed by atoms with van der Waals surface area (Å²) in [6.45, 7) is 17.9. The van der Waals surface area contributed by atoms with Crippen LogP contribution in [0, 0.1) is 56.7 Å². The Morgan fingerprint density at radius 3 is 2.00 bits per heavy atom. The maximum absolute atomic E-state index is 12.2. The van der Waals surface area contributed by atoms with Crippen molar-refractivity contribution in [2.24, 2.45) is 56.7 Å². The number of allylic oxidation sites excluding steroid dienone is 1. The summed E-state index contributed by atoms with van der Waals surface area (Å²) in [6.07, 6.45) is 14.8. The van der Waals surface area contributed by atoms with Crippen molar-refractivity contribution in [3.63, 3.8) is 0 Å². The van der Waals surface area contributed by atoms with Crippen molar-refractivity contribution in [1.29, 1.82) is 0 Å². The van der Waals surface area contributed by atoms with Crippen LogP contribution in [0.1, 0.15) is 113 Å². The van der Waals surface area contributed by atoms with Crippen LogP contribution in [0.2, 0.25) is 0 Å². The molecule has 4 fully saturated rings. The van der Waals surface area contributed by atoms with E-state index in [-0.39, 0.29) is 10.8 Å². The zero-order chi connectivity index (χ0) is 23.3. The Kier molecular flexibility index (Phi) is 4.94. The van der Waals surface area contributed by atoms with Gasteiger partial charge in [0.2, 0.25) is 0 Å². The summed E-state index contributed by atoms with van der Waals surface area (Å²) in [4.78, 5) is 12.2. The average Bonchev–Trinajstić information content (AvgIpc) is 3.07. The van der Waals surface area contributed by atoms with Gasteiger partial charge in [-0.3, -0.25) is 0 Å². The Balaban J connectivity index is 1.53. The first-order valence-electron chi connectivity index (χ1n) is 13.8. The van der Waals surface area contributed by atoms with E-state index >= 15 is 0 Å². The Labute approximate surface area is 197 Å². The molecule has 4 saturated carbocycles. The first-order chi connectivity index (χ1) is 14.8. The molecule has 180 valence electrons. The van der Waals surface area contributed by atoms with Gasteiger partial charge in [-0.1, -0.05) is 54.5 Å². The van der Waals surface area contributed by atoms with Crippen LogP contribution in [-0.2, 0) is 4.79 Å². The van der Waals surface area contributed by atoms with E-state index in [2.05, 4.69) is 54.5 Å². The molecule has 0 aromatic rings. The molecule has 0 aliphatic heterocycles. The average molecular weight is 441 g/mol. The van der Waals surface area contributed by atoms with Gasteiger partial charge in [0.25, 0.3) is 0 Å².